The molecule has 1 aliphatic carbocycles. The first-order valence-electron chi connectivity index (χ1n) is 8.80. The standard InChI is InChI=1S/C20H18N4O4/c1-20(2)8-13(25)16-14(9-20)27-18(22)12(10-21)15(16)17-19(26)28-23-24(17)11-6-4-3-5-7-11/h3-7,15H,8-9,22H2,1-2H3. The summed E-state index contributed by atoms with van der Waals surface area (Å²) in [5.74, 6) is -1.63. The Bertz CT molecular complexity index is 1070. The van der Waals surface area contributed by atoms with E-state index in [-0.39, 0.29) is 40.3 Å². The molecule has 2 aliphatic rings. The van der Waals surface area contributed by atoms with Crippen LogP contribution < -0.4 is 15.5 Å². The van der Waals surface area contributed by atoms with Gasteiger partial charge in [-0.2, -0.15) is 5.26 Å². The summed E-state index contributed by atoms with van der Waals surface area (Å²) in [6, 6.07) is 10.9. The first-order chi connectivity index (χ1) is 13.3. The fourth-order valence-corrected chi connectivity index (χ4v) is 3.81. The molecule has 1 aromatic carbocycles. The molecule has 0 amide bonds. The van der Waals surface area contributed by atoms with Crippen molar-refractivity contribution in [2.75, 3.05) is 0 Å². The van der Waals surface area contributed by atoms with Gasteiger partial charge in [-0.1, -0.05) is 32.0 Å². The second kappa shape index (κ2) is 6.23. The summed E-state index contributed by atoms with van der Waals surface area (Å²) in [5, 5.41) is 26.1. The van der Waals surface area contributed by atoms with E-state index in [1.165, 1.54) is 4.68 Å². The zero-order valence-electron chi connectivity index (χ0n) is 15.4. The summed E-state index contributed by atoms with van der Waals surface area (Å²) in [6.07, 6.45) is 0.740. The molecule has 8 nitrogen and oxygen atoms in total. The van der Waals surface area contributed by atoms with E-state index in [1.54, 1.807) is 24.3 Å². The Labute approximate surface area is 161 Å². The van der Waals surface area contributed by atoms with E-state index >= 15 is 0 Å². The van der Waals surface area contributed by atoms with E-state index in [1.807, 2.05) is 26.0 Å². The molecule has 0 spiro atoms. The van der Waals surface area contributed by atoms with Gasteiger partial charge in [0.25, 0.3) is 5.69 Å². The number of nitrogens with zero attached hydrogens (tertiary/aromatic N) is 3. The molecular weight excluding hydrogens is 360 g/mol. The molecule has 0 fully saturated rings. The summed E-state index contributed by atoms with van der Waals surface area (Å²) in [6.45, 7) is 3.91. The SMILES string of the molecule is CC1(C)CC(=O)C2=C(C1)OC(N)=C(C#N)C2c1c([O-])on[n+]1-c1ccccc1. The Morgan fingerprint density at radius 1 is 1.32 bits per heavy atom. The Balaban J connectivity index is 1.96. The lowest BCUT2D eigenvalue weighted by atomic mass is 9.71. The molecule has 2 aromatic rings. The lowest BCUT2D eigenvalue weighted by molar-refractivity contribution is -0.678. The van der Waals surface area contributed by atoms with Crippen molar-refractivity contribution in [2.24, 2.45) is 11.1 Å². The highest BCUT2D eigenvalue weighted by Crippen LogP contribution is 2.48. The number of ether oxygens (including phenoxy) is 1. The van der Waals surface area contributed by atoms with Crippen molar-refractivity contribution in [3.05, 3.63) is 58.8 Å². The number of ketones is 1. The summed E-state index contributed by atoms with van der Waals surface area (Å²) in [5.41, 5.74) is 6.57. The molecule has 2 heterocycles. The van der Waals surface area contributed by atoms with E-state index in [4.69, 9.17) is 15.0 Å². The van der Waals surface area contributed by atoms with E-state index in [2.05, 4.69) is 5.27 Å². The van der Waals surface area contributed by atoms with Gasteiger partial charge in [0.15, 0.2) is 11.7 Å². The van der Waals surface area contributed by atoms with Crippen LogP contribution in [0.25, 0.3) is 5.69 Å². The van der Waals surface area contributed by atoms with Gasteiger partial charge in [0, 0.05) is 25.0 Å². The van der Waals surface area contributed by atoms with Crippen molar-refractivity contribution in [1.82, 2.24) is 5.27 Å². The minimum atomic E-state index is -0.990. The van der Waals surface area contributed by atoms with Crippen molar-refractivity contribution in [2.45, 2.75) is 32.6 Å². The predicted octanol–water partition coefficient (Wildman–Crippen LogP) is 1.48. The highest BCUT2D eigenvalue weighted by atomic mass is 16.6. The maximum absolute atomic E-state index is 13.0. The third-order valence-corrected chi connectivity index (χ3v) is 4.99. The number of carbonyl (C=O) groups is 1. The molecule has 1 unspecified atom stereocenters. The lowest BCUT2D eigenvalue weighted by Crippen LogP contribution is -2.42. The van der Waals surface area contributed by atoms with Crippen LogP contribution in [0, 0.1) is 16.7 Å². The van der Waals surface area contributed by atoms with E-state index in [9.17, 15) is 15.2 Å². The first kappa shape index (κ1) is 17.8. The monoisotopic (exact) mass is 378 g/mol. The Kier molecular flexibility index (Phi) is 3.96. The second-order valence-electron chi connectivity index (χ2n) is 7.70. The summed E-state index contributed by atoms with van der Waals surface area (Å²) >= 11 is 0. The molecule has 0 bridgehead atoms. The zero-order chi connectivity index (χ0) is 20.1. The molecule has 2 N–H and O–H groups in total. The van der Waals surface area contributed by atoms with E-state index in [0.29, 0.717) is 17.9 Å². The Morgan fingerprint density at radius 3 is 2.71 bits per heavy atom. The predicted molar refractivity (Wildman–Crippen MR) is 93.2 cm³/mol. The van der Waals surface area contributed by atoms with Crippen LogP contribution in [0.4, 0.5) is 0 Å². The summed E-state index contributed by atoms with van der Waals surface area (Å²) in [4.78, 5) is 13.0. The van der Waals surface area contributed by atoms with Gasteiger partial charge in [-0.05, 0) is 10.1 Å². The molecule has 0 saturated carbocycles. The zero-order valence-corrected chi connectivity index (χ0v) is 15.4. The van der Waals surface area contributed by atoms with Gasteiger partial charge in [0.1, 0.15) is 23.3 Å². The van der Waals surface area contributed by atoms with Crippen LogP contribution in [0.15, 0.2) is 57.6 Å². The molecule has 1 aliphatic heterocycles. The largest absolute Gasteiger partial charge is 0.539 e. The van der Waals surface area contributed by atoms with Gasteiger partial charge in [0.05, 0.1) is 10.8 Å². The number of Topliss-reactive ketones (excluding diaryl/α,β-unsaturated/α-hetero) is 1. The molecule has 1 atom stereocenters. The molecule has 142 valence electrons. The minimum absolute atomic E-state index is 0.00297. The van der Waals surface area contributed by atoms with Gasteiger partial charge in [-0.25, -0.2) is 0 Å². The first-order valence-corrected chi connectivity index (χ1v) is 8.80. The van der Waals surface area contributed by atoms with Crippen LogP contribution in [0.5, 0.6) is 5.95 Å². The fraction of sp³-hybridized carbons (Fsp3) is 0.300. The Morgan fingerprint density at radius 2 is 2.04 bits per heavy atom. The quantitative estimate of drug-likeness (QED) is 0.783. The van der Waals surface area contributed by atoms with Crippen molar-refractivity contribution in [3.8, 4) is 17.7 Å². The average Bonchev–Trinajstić information content (AvgIpc) is 3.01. The van der Waals surface area contributed by atoms with Gasteiger partial charge < -0.3 is 20.1 Å². The fourth-order valence-electron chi connectivity index (χ4n) is 3.81. The number of hydrogen-bond acceptors (Lipinski definition) is 7. The number of carbonyl (C=O) groups excluding carboxylic acids is 1. The number of nitrogens with two attached hydrogens (primary N) is 1. The molecule has 0 saturated heterocycles. The third-order valence-electron chi connectivity index (χ3n) is 4.99. The summed E-state index contributed by atoms with van der Waals surface area (Å²) in [7, 11) is 0. The summed E-state index contributed by atoms with van der Waals surface area (Å²) < 4.78 is 11.8. The average molecular weight is 378 g/mol. The second-order valence-corrected chi connectivity index (χ2v) is 7.70. The van der Waals surface area contributed by atoms with Gasteiger partial charge in [-0.15, -0.1) is 0 Å². The number of nitriles is 1. The molecule has 8 heteroatoms. The highest BCUT2D eigenvalue weighted by Gasteiger charge is 2.47. The van der Waals surface area contributed by atoms with Crippen molar-refractivity contribution in [3.63, 3.8) is 0 Å². The van der Waals surface area contributed by atoms with Gasteiger partial charge in [-0.3, -0.25) is 4.79 Å². The van der Waals surface area contributed by atoms with E-state index < -0.39 is 11.9 Å². The highest BCUT2D eigenvalue weighted by molar-refractivity contribution is 5.99. The normalized spacial score (nSPS) is 21.2. The Hall–Kier alpha value is -3.60. The smallest absolute Gasteiger partial charge is 0.253 e. The number of hydrogen-bond donors (Lipinski definition) is 1. The topological polar surface area (TPSA) is 129 Å². The molecule has 1 aromatic heterocycles. The van der Waals surface area contributed by atoms with Crippen molar-refractivity contribution < 1.29 is 23.8 Å². The van der Waals surface area contributed by atoms with E-state index in [0.717, 1.165) is 0 Å². The van der Waals surface area contributed by atoms with Crippen LogP contribution in [0.2, 0.25) is 0 Å². The minimum Gasteiger partial charge on any atom is -0.539 e. The molecule has 0 radical (unpaired) electrons. The maximum atomic E-state index is 13.0. The number of aromatic nitrogens is 2. The number of rotatable bonds is 2. The maximum Gasteiger partial charge on any atom is 0.253 e. The number of benzene rings is 1. The molecule has 28 heavy (non-hydrogen) atoms. The van der Waals surface area contributed by atoms with Crippen LogP contribution in [-0.4, -0.2) is 11.1 Å². The molecule has 4 rings (SSSR count). The van der Waals surface area contributed by atoms with Crippen LogP contribution in [0.3, 0.4) is 0 Å². The van der Waals surface area contributed by atoms with Gasteiger partial charge in [0.2, 0.25) is 11.6 Å². The lowest BCUT2D eigenvalue weighted by Gasteiger charge is -2.36. The number of para-hydroxylation sites is 1. The van der Waals surface area contributed by atoms with Crippen LogP contribution >= 0.6 is 0 Å². The van der Waals surface area contributed by atoms with Crippen LogP contribution in [0.1, 0.15) is 38.3 Å². The van der Waals surface area contributed by atoms with Gasteiger partial charge >= 0.3 is 0 Å². The molecular formula is C20H18N4O4. The van der Waals surface area contributed by atoms with Crippen molar-refractivity contribution in [1.29, 1.82) is 5.26 Å². The number of allylic oxidation sites excluding steroid dienone is 3. The van der Waals surface area contributed by atoms with Crippen LogP contribution in [-0.2, 0) is 9.53 Å². The van der Waals surface area contributed by atoms with Crippen molar-refractivity contribution >= 4 is 5.78 Å². The third kappa shape index (κ3) is 2.72.